The van der Waals surface area contributed by atoms with Gasteiger partial charge in [-0.15, -0.1) is 0 Å². The molecule has 0 aliphatic heterocycles. The number of esters is 2. The Labute approximate surface area is 164 Å². The van der Waals surface area contributed by atoms with Crippen LogP contribution in [-0.4, -0.2) is 46.1 Å². The van der Waals surface area contributed by atoms with E-state index in [-0.39, 0.29) is 19.8 Å². The molecule has 2 atom stereocenters. The van der Waals surface area contributed by atoms with Gasteiger partial charge in [-0.3, -0.25) is 9.59 Å². The topological polar surface area (TPSA) is 55.8 Å². The summed E-state index contributed by atoms with van der Waals surface area (Å²) >= 11 is 4.05. The summed E-state index contributed by atoms with van der Waals surface area (Å²) in [5, 5.41) is 0. The van der Waals surface area contributed by atoms with Crippen LogP contribution < -0.4 is 4.90 Å². The molecule has 0 saturated carbocycles. The predicted octanol–water partition coefficient (Wildman–Crippen LogP) is 3.23. The van der Waals surface area contributed by atoms with Gasteiger partial charge >= 0.3 is 11.9 Å². The van der Waals surface area contributed by atoms with Gasteiger partial charge in [-0.2, -0.15) is 0 Å². The third kappa shape index (κ3) is 8.18. The second-order valence-corrected chi connectivity index (χ2v) is 8.63. The van der Waals surface area contributed by atoms with Crippen LogP contribution >= 0.6 is 45.2 Å². The first kappa shape index (κ1) is 20.5. The fraction of sp³-hybridized carbons (Fsp3) is 0.500. The van der Waals surface area contributed by atoms with Crippen molar-refractivity contribution < 1.29 is 19.1 Å². The van der Waals surface area contributed by atoms with Gasteiger partial charge in [0.25, 0.3) is 0 Å². The Morgan fingerprint density at radius 1 is 0.957 bits per heavy atom. The maximum atomic E-state index is 11.5. The number of alkyl halides is 2. The minimum Gasteiger partial charge on any atom is -0.463 e. The fourth-order valence-electron chi connectivity index (χ4n) is 1.75. The largest absolute Gasteiger partial charge is 0.463 e. The highest BCUT2D eigenvalue weighted by molar-refractivity contribution is 14.1. The SMILES string of the molecule is CC(I)C(=O)OCCN(CCOC(=O)C(C)I)c1ccccc1. The van der Waals surface area contributed by atoms with E-state index in [0.717, 1.165) is 5.69 Å². The van der Waals surface area contributed by atoms with E-state index in [0.29, 0.717) is 26.3 Å². The Bertz CT molecular complexity index is 468. The first-order valence-corrected chi connectivity index (χ1v) is 9.82. The molecule has 0 amide bonds. The summed E-state index contributed by atoms with van der Waals surface area (Å²) in [7, 11) is 0. The molecule has 0 radical (unpaired) electrons. The summed E-state index contributed by atoms with van der Waals surface area (Å²) in [4.78, 5) is 25.1. The summed E-state index contributed by atoms with van der Waals surface area (Å²) in [6.45, 7) is 5.30. The lowest BCUT2D eigenvalue weighted by molar-refractivity contribution is -0.142. The van der Waals surface area contributed by atoms with Gasteiger partial charge in [0.2, 0.25) is 0 Å². The summed E-state index contributed by atoms with van der Waals surface area (Å²) in [6, 6.07) is 9.79. The molecule has 1 rings (SSSR count). The number of carbonyl (C=O) groups excluding carboxylic acids is 2. The fourth-order valence-corrected chi connectivity index (χ4v) is 2.11. The Balaban J connectivity index is 2.53. The lowest BCUT2D eigenvalue weighted by Gasteiger charge is -2.24. The number of halogens is 2. The second-order valence-electron chi connectivity index (χ2n) is 4.89. The second kappa shape index (κ2) is 11.1. The van der Waals surface area contributed by atoms with Crippen molar-refractivity contribution in [1.82, 2.24) is 0 Å². The standard InChI is InChI=1S/C16H21I2NO4/c1-12(17)15(20)22-10-8-19(14-6-4-3-5-7-14)9-11-23-16(21)13(2)18/h3-7,12-13H,8-11H2,1-2H3. The van der Waals surface area contributed by atoms with Crippen LogP contribution in [0.4, 0.5) is 5.69 Å². The molecule has 0 aromatic heterocycles. The van der Waals surface area contributed by atoms with Crippen molar-refractivity contribution in [3.8, 4) is 0 Å². The van der Waals surface area contributed by atoms with Crippen LogP contribution in [0.5, 0.6) is 0 Å². The number of nitrogens with zero attached hydrogens (tertiary/aromatic N) is 1. The average Bonchev–Trinajstić information content (AvgIpc) is 2.53. The molecule has 1 aromatic rings. The Kier molecular flexibility index (Phi) is 9.84. The van der Waals surface area contributed by atoms with Gasteiger partial charge in [0.15, 0.2) is 0 Å². The van der Waals surface area contributed by atoms with Crippen LogP contribution in [0.15, 0.2) is 30.3 Å². The minimum absolute atomic E-state index is 0.163. The molecular formula is C16H21I2NO4. The summed E-state index contributed by atoms with van der Waals surface area (Å²) in [5.41, 5.74) is 1.00. The van der Waals surface area contributed by atoms with E-state index < -0.39 is 0 Å². The summed E-state index contributed by atoms with van der Waals surface area (Å²) in [6.07, 6.45) is 0. The number of para-hydroxylation sites is 1. The van der Waals surface area contributed by atoms with Gasteiger partial charge in [-0.05, 0) is 26.0 Å². The highest BCUT2D eigenvalue weighted by Gasteiger charge is 2.13. The van der Waals surface area contributed by atoms with Crippen molar-refractivity contribution in [3.63, 3.8) is 0 Å². The monoisotopic (exact) mass is 545 g/mol. The molecule has 0 fully saturated rings. The molecule has 0 saturated heterocycles. The van der Waals surface area contributed by atoms with E-state index in [4.69, 9.17) is 9.47 Å². The molecule has 0 N–H and O–H groups in total. The average molecular weight is 545 g/mol. The van der Waals surface area contributed by atoms with E-state index >= 15 is 0 Å². The molecule has 2 unspecified atom stereocenters. The maximum absolute atomic E-state index is 11.5. The van der Waals surface area contributed by atoms with Crippen molar-refractivity contribution in [2.75, 3.05) is 31.2 Å². The first-order chi connectivity index (χ1) is 10.9. The van der Waals surface area contributed by atoms with Gasteiger partial charge in [0, 0.05) is 5.69 Å². The highest BCUT2D eigenvalue weighted by Crippen LogP contribution is 2.13. The maximum Gasteiger partial charge on any atom is 0.318 e. The quantitative estimate of drug-likeness (QED) is 0.271. The van der Waals surface area contributed by atoms with Gasteiger partial charge in [-0.25, -0.2) is 0 Å². The highest BCUT2D eigenvalue weighted by atomic mass is 127. The normalized spacial score (nSPS) is 13.0. The smallest absolute Gasteiger partial charge is 0.318 e. The molecule has 23 heavy (non-hydrogen) atoms. The van der Waals surface area contributed by atoms with E-state index in [1.54, 1.807) is 13.8 Å². The molecule has 128 valence electrons. The molecule has 0 aliphatic rings. The third-order valence-corrected chi connectivity index (χ3v) is 4.00. The van der Waals surface area contributed by atoms with Crippen molar-refractivity contribution in [3.05, 3.63) is 30.3 Å². The van der Waals surface area contributed by atoms with Crippen LogP contribution in [0.2, 0.25) is 0 Å². The van der Waals surface area contributed by atoms with Crippen LogP contribution in [0.3, 0.4) is 0 Å². The zero-order valence-electron chi connectivity index (χ0n) is 13.2. The van der Waals surface area contributed by atoms with E-state index in [9.17, 15) is 9.59 Å². The van der Waals surface area contributed by atoms with Crippen LogP contribution in [0, 0.1) is 0 Å². The third-order valence-electron chi connectivity index (χ3n) is 2.98. The zero-order valence-corrected chi connectivity index (χ0v) is 17.5. The zero-order chi connectivity index (χ0) is 17.2. The molecular weight excluding hydrogens is 524 g/mol. The van der Waals surface area contributed by atoms with Gasteiger partial charge in [0.05, 0.1) is 13.1 Å². The van der Waals surface area contributed by atoms with Gasteiger partial charge in [-0.1, -0.05) is 63.4 Å². The van der Waals surface area contributed by atoms with E-state index in [1.165, 1.54) is 0 Å². The molecule has 0 aliphatic carbocycles. The van der Waals surface area contributed by atoms with Crippen LogP contribution in [0.25, 0.3) is 0 Å². The Morgan fingerprint density at radius 2 is 1.39 bits per heavy atom. The number of hydrogen-bond donors (Lipinski definition) is 0. The van der Waals surface area contributed by atoms with Gasteiger partial charge < -0.3 is 14.4 Å². The first-order valence-electron chi connectivity index (χ1n) is 7.33. The molecule has 5 nitrogen and oxygen atoms in total. The van der Waals surface area contributed by atoms with Crippen molar-refractivity contribution in [1.29, 1.82) is 0 Å². The number of benzene rings is 1. The Morgan fingerprint density at radius 3 is 1.78 bits per heavy atom. The lowest BCUT2D eigenvalue weighted by atomic mass is 10.3. The Hall–Kier alpha value is -0.580. The molecule has 0 bridgehead atoms. The van der Waals surface area contributed by atoms with Crippen molar-refractivity contribution in [2.24, 2.45) is 0 Å². The molecule has 1 aromatic carbocycles. The van der Waals surface area contributed by atoms with Gasteiger partial charge in [0.1, 0.15) is 21.1 Å². The van der Waals surface area contributed by atoms with E-state index in [2.05, 4.69) is 0 Å². The van der Waals surface area contributed by atoms with Crippen molar-refractivity contribution >= 4 is 62.8 Å². The molecule has 7 heteroatoms. The van der Waals surface area contributed by atoms with E-state index in [1.807, 2.05) is 80.4 Å². The minimum atomic E-state index is -0.219. The molecule has 0 heterocycles. The number of ether oxygens (including phenoxy) is 2. The molecule has 0 spiro atoms. The van der Waals surface area contributed by atoms with Crippen molar-refractivity contribution in [2.45, 2.75) is 21.7 Å². The number of rotatable bonds is 9. The summed E-state index contributed by atoms with van der Waals surface area (Å²) < 4.78 is 10.1. The van der Waals surface area contributed by atoms with Crippen LogP contribution in [0.1, 0.15) is 13.8 Å². The predicted molar refractivity (Wildman–Crippen MR) is 108 cm³/mol. The van der Waals surface area contributed by atoms with Crippen LogP contribution in [-0.2, 0) is 19.1 Å². The lowest BCUT2D eigenvalue weighted by Crippen LogP contribution is -2.33. The number of carbonyl (C=O) groups is 2. The number of hydrogen-bond acceptors (Lipinski definition) is 5. The summed E-state index contributed by atoms with van der Waals surface area (Å²) in [5.74, 6) is -0.437. The number of anilines is 1.